The van der Waals surface area contributed by atoms with Gasteiger partial charge in [-0.15, -0.1) is 0 Å². The molecule has 0 saturated carbocycles. The average molecular weight is 273 g/mol. The Morgan fingerprint density at radius 3 is 2.50 bits per heavy atom. The highest BCUT2D eigenvalue weighted by Crippen LogP contribution is 2.31. The number of hydrogen-bond acceptors (Lipinski definition) is 3. The smallest absolute Gasteiger partial charge is 0.0376 e. The second-order valence-electron chi connectivity index (χ2n) is 7.12. The number of rotatable bonds is 2. The summed E-state index contributed by atoms with van der Waals surface area (Å²) in [7, 11) is 0. The van der Waals surface area contributed by atoms with Crippen LogP contribution in [0.4, 0.5) is 5.69 Å². The van der Waals surface area contributed by atoms with Crippen LogP contribution in [0, 0.1) is 0 Å². The summed E-state index contributed by atoms with van der Waals surface area (Å²) in [5.74, 6) is 0.660. The maximum atomic E-state index is 3.54. The van der Waals surface area contributed by atoms with Crippen molar-refractivity contribution >= 4 is 5.69 Å². The molecule has 2 aliphatic heterocycles. The summed E-state index contributed by atoms with van der Waals surface area (Å²) < 4.78 is 0. The van der Waals surface area contributed by atoms with Crippen LogP contribution in [0.2, 0.25) is 0 Å². The number of fused-ring (bicyclic) bond motifs is 1. The van der Waals surface area contributed by atoms with Gasteiger partial charge in [0.05, 0.1) is 0 Å². The first-order valence-corrected chi connectivity index (χ1v) is 7.84. The van der Waals surface area contributed by atoms with Crippen molar-refractivity contribution in [2.75, 3.05) is 44.6 Å². The standard InChI is InChI=1S/C17H27N3/c1-17(2,3)20-10-8-19(9-11-20)13-14-12-18-16-7-5-4-6-15(14)16/h4-7,14,18H,8-13H2,1-3H3. The molecular weight excluding hydrogens is 246 g/mol. The molecule has 3 heteroatoms. The Hall–Kier alpha value is -1.06. The number of para-hydroxylation sites is 1. The van der Waals surface area contributed by atoms with Gasteiger partial charge in [-0.3, -0.25) is 4.90 Å². The van der Waals surface area contributed by atoms with E-state index in [0.29, 0.717) is 11.5 Å². The Bertz CT molecular complexity index is 456. The van der Waals surface area contributed by atoms with E-state index in [-0.39, 0.29) is 0 Å². The normalized spacial score (nSPS) is 24.4. The van der Waals surface area contributed by atoms with Gasteiger partial charge in [-0.05, 0) is 32.4 Å². The molecule has 1 fully saturated rings. The number of piperazine rings is 1. The van der Waals surface area contributed by atoms with Gasteiger partial charge in [-0.2, -0.15) is 0 Å². The number of nitrogens with zero attached hydrogens (tertiary/aromatic N) is 2. The summed E-state index contributed by atoms with van der Waals surface area (Å²) in [4.78, 5) is 5.24. The minimum atomic E-state index is 0.313. The van der Waals surface area contributed by atoms with E-state index in [1.165, 1.54) is 44.0 Å². The Morgan fingerprint density at radius 1 is 1.10 bits per heavy atom. The molecule has 1 atom stereocenters. The van der Waals surface area contributed by atoms with Crippen LogP contribution in [0.25, 0.3) is 0 Å². The average Bonchev–Trinajstić information content (AvgIpc) is 2.82. The SMILES string of the molecule is CC(C)(C)N1CCN(CC2CNc3ccccc32)CC1. The third-order valence-electron chi connectivity index (χ3n) is 4.74. The van der Waals surface area contributed by atoms with E-state index < -0.39 is 0 Å². The van der Waals surface area contributed by atoms with E-state index in [9.17, 15) is 0 Å². The lowest BCUT2D eigenvalue weighted by molar-refractivity contribution is 0.0603. The Kier molecular flexibility index (Phi) is 3.74. The third-order valence-corrected chi connectivity index (χ3v) is 4.74. The first-order valence-electron chi connectivity index (χ1n) is 7.84. The van der Waals surface area contributed by atoms with E-state index in [0.717, 1.165) is 6.54 Å². The van der Waals surface area contributed by atoms with Crippen LogP contribution in [0.15, 0.2) is 24.3 Å². The van der Waals surface area contributed by atoms with Crippen LogP contribution < -0.4 is 5.32 Å². The minimum Gasteiger partial charge on any atom is -0.384 e. The molecule has 1 unspecified atom stereocenters. The quantitative estimate of drug-likeness (QED) is 0.893. The fourth-order valence-corrected chi connectivity index (χ4v) is 3.43. The maximum absolute atomic E-state index is 3.54. The highest BCUT2D eigenvalue weighted by Gasteiger charge is 2.29. The van der Waals surface area contributed by atoms with Gasteiger partial charge < -0.3 is 10.2 Å². The number of nitrogens with one attached hydrogen (secondary N) is 1. The van der Waals surface area contributed by atoms with Gasteiger partial charge in [0.15, 0.2) is 0 Å². The molecule has 0 aromatic heterocycles. The van der Waals surface area contributed by atoms with E-state index in [4.69, 9.17) is 0 Å². The van der Waals surface area contributed by atoms with Crippen molar-refractivity contribution in [2.24, 2.45) is 0 Å². The first-order chi connectivity index (χ1) is 9.54. The van der Waals surface area contributed by atoms with Crippen LogP contribution in [-0.2, 0) is 0 Å². The predicted octanol–water partition coefficient (Wildman–Crippen LogP) is 2.61. The van der Waals surface area contributed by atoms with Crippen molar-refractivity contribution in [1.29, 1.82) is 0 Å². The van der Waals surface area contributed by atoms with Crippen molar-refractivity contribution in [1.82, 2.24) is 9.80 Å². The lowest BCUT2D eigenvalue weighted by Crippen LogP contribution is -2.53. The lowest BCUT2D eigenvalue weighted by Gasteiger charge is -2.42. The van der Waals surface area contributed by atoms with Gasteiger partial charge in [-0.25, -0.2) is 0 Å². The van der Waals surface area contributed by atoms with Gasteiger partial charge in [0.1, 0.15) is 0 Å². The van der Waals surface area contributed by atoms with Crippen LogP contribution in [0.1, 0.15) is 32.3 Å². The summed E-state index contributed by atoms with van der Waals surface area (Å²) in [6, 6.07) is 8.77. The van der Waals surface area contributed by atoms with E-state index in [2.05, 4.69) is 60.2 Å². The molecule has 1 saturated heterocycles. The molecule has 0 bridgehead atoms. The summed E-state index contributed by atoms with van der Waals surface area (Å²) in [6.07, 6.45) is 0. The topological polar surface area (TPSA) is 18.5 Å². The van der Waals surface area contributed by atoms with Crippen molar-refractivity contribution in [3.8, 4) is 0 Å². The third kappa shape index (κ3) is 2.84. The van der Waals surface area contributed by atoms with Crippen LogP contribution in [0.5, 0.6) is 0 Å². The Balaban J connectivity index is 1.56. The molecule has 0 spiro atoms. The van der Waals surface area contributed by atoms with Gasteiger partial charge in [0.2, 0.25) is 0 Å². The number of benzene rings is 1. The molecule has 1 aromatic carbocycles. The zero-order chi connectivity index (χ0) is 14.2. The van der Waals surface area contributed by atoms with Gasteiger partial charge in [0.25, 0.3) is 0 Å². The van der Waals surface area contributed by atoms with Crippen molar-refractivity contribution in [2.45, 2.75) is 32.2 Å². The monoisotopic (exact) mass is 273 g/mol. The summed E-state index contributed by atoms with van der Waals surface area (Å²) in [5, 5.41) is 3.54. The largest absolute Gasteiger partial charge is 0.384 e. The fourth-order valence-electron chi connectivity index (χ4n) is 3.43. The fraction of sp³-hybridized carbons (Fsp3) is 0.647. The van der Waals surface area contributed by atoms with E-state index >= 15 is 0 Å². The molecule has 0 aliphatic carbocycles. The summed E-state index contributed by atoms with van der Waals surface area (Å²) in [5.41, 5.74) is 3.16. The maximum Gasteiger partial charge on any atom is 0.0376 e. The molecule has 3 nitrogen and oxygen atoms in total. The van der Waals surface area contributed by atoms with Crippen LogP contribution in [-0.4, -0.2) is 54.6 Å². The molecule has 20 heavy (non-hydrogen) atoms. The number of hydrogen-bond donors (Lipinski definition) is 1. The Morgan fingerprint density at radius 2 is 1.80 bits per heavy atom. The first kappa shape index (κ1) is 13.9. The zero-order valence-electron chi connectivity index (χ0n) is 13.0. The molecule has 3 rings (SSSR count). The van der Waals surface area contributed by atoms with Crippen molar-refractivity contribution in [3.63, 3.8) is 0 Å². The van der Waals surface area contributed by atoms with E-state index in [1.54, 1.807) is 0 Å². The molecule has 1 aromatic rings. The lowest BCUT2D eigenvalue weighted by atomic mass is 10.00. The second kappa shape index (κ2) is 5.38. The Labute approximate surface area is 123 Å². The highest BCUT2D eigenvalue weighted by atomic mass is 15.3. The van der Waals surface area contributed by atoms with Crippen LogP contribution >= 0.6 is 0 Å². The van der Waals surface area contributed by atoms with Gasteiger partial charge >= 0.3 is 0 Å². The molecule has 0 amide bonds. The molecule has 1 N–H and O–H groups in total. The van der Waals surface area contributed by atoms with E-state index in [1.807, 2.05) is 0 Å². The molecule has 0 radical (unpaired) electrons. The zero-order valence-corrected chi connectivity index (χ0v) is 13.0. The van der Waals surface area contributed by atoms with Gasteiger partial charge in [-0.1, -0.05) is 18.2 Å². The minimum absolute atomic E-state index is 0.313. The summed E-state index contributed by atoms with van der Waals surface area (Å²) >= 11 is 0. The van der Waals surface area contributed by atoms with Crippen molar-refractivity contribution < 1.29 is 0 Å². The van der Waals surface area contributed by atoms with Crippen LogP contribution in [0.3, 0.4) is 0 Å². The number of anilines is 1. The molecular formula is C17H27N3. The summed E-state index contributed by atoms with van der Waals surface area (Å²) in [6.45, 7) is 14.1. The highest BCUT2D eigenvalue weighted by molar-refractivity contribution is 5.57. The van der Waals surface area contributed by atoms with Gasteiger partial charge in [0, 0.05) is 56.4 Å². The molecule has 110 valence electrons. The molecule has 2 aliphatic rings. The second-order valence-corrected chi connectivity index (χ2v) is 7.12. The predicted molar refractivity (Wildman–Crippen MR) is 85.4 cm³/mol. The molecule has 2 heterocycles. The van der Waals surface area contributed by atoms with Crippen molar-refractivity contribution in [3.05, 3.63) is 29.8 Å².